The Bertz CT molecular complexity index is 280. The van der Waals surface area contributed by atoms with Crippen LogP contribution in [0.5, 0.6) is 0 Å². The molecule has 3 nitrogen and oxygen atoms in total. The molecule has 1 heterocycles. The first-order valence-corrected chi connectivity index (χ1v) is 7.43. The predicted octanol–water partition coefficient (Wildman–Crippen LogP) is 1.67. The second-order valence-corrected chi connectivity index (χ2v) is 7.37. The van der Waals surface area contributed by atoms with E-state index in [4.69, 9.17) is 0 Å². The second-order valence-electron chi connectivity index (χ2n) is 7.37. The predicted molar refractivity (Wildman–Crippen MR) is 75.6 cm³/mol. The highest BCUT2D eigenvalue weighted by Gasteiger charge is 2.40. The molecule has 3 unspecified atom stereocenters. The van der Waals surface area contributed by atoms with Crippen LogP contribution in [0.25, 0.3) is 0 Å². The van der Waals surface area contributed by atoms with Crippen molar-refractivity contribution in [2.75, 3.05) is 40.3 Å². The van der Waals surface area contributed by atoms with Gasteiger partial charge in [-0.15, -0.1) is 0 Å². The van der Waals surface area contributed by atoms with E-state index in [1.807, 2.05) is 0 Å². The largest absolute Gasteiger partial charge is 0.392 e. The number of aliphatic hydroxyl groups is 1. The van der Waals surface area contributed by atoms with Gasteiger partial charge >= 0.3 is 0 Å². The zero-order valence-corrected chi connectivity index (χ0v) is 12.5. The maximum atomic E-state index is 10.3. The Morgan fingerprint density at radius 2 is 2.00 bits per heavy atom. The molecule has 0 aromatic carbocycles. The highest BCUT2D eigenvalue weighted by molar-refractivity contribution is 4.92. The van der Waals surface area contributed by atoms with Gasteiger partial charge in [-0.25, -0.2) is 0 Å². The lowest BCUT2D eigenvalue weighted by Crippen LogP contribution is -2.37. The first-order valence-electron chi connectivity index (χ1n) is 7.43. The van der Waals surface area contributed by atoms with Crippen LogP contribution in [0, 0.1) is 17.3 Å². The van der Waals surface area contributed by atoms with E-state index in [9.17, 15) is 5.11 Å². The molecule has 0 aromatic heterocycles. The fourth-order valence-corrected chi connectivity index (χ4v) is 3.78. The number of aliphatic hydroxyl groups excluding tert-OH is 1. The Kier molecular flexibility index (Phi) is 4.35. The summed E-state index contributed by atoms with van der Waals surface area (Å²) in [6, 6.07) is 0. The number of hydrogen-bond acceptors (Lipinski definition) is 3. The van der Waals surface area contributed by atoms with Gasteiger partial charge in [-0.05, 0) is 57.2 Å². The third-order valence-electron chi connectivity index (χ3n) is 5.01. The Balaban J connectivity index is 1.76. The van der Waals surface area contributed by atoms with Crippen molar-refractivity contribution in [3.8, 4) is 0 Å². The summed E-state index contributed by atoms with van der Waals surface area (Å²) in [5.74, 6) is 1.30. The number of rotatable bonds is 4. The van der Waals surface area contributed by atoms with E-state index in [-0.39, 0.29) is 11.5 Å². The van der Waals surface area contributed by atoms with Crippen molar-refractivity contribution in [3.05, 3.63) is 0 Å². The highest BCUT2D eigenvalue weighted by atomic mass is 16.3. The van der Waals surface area contributed by atoms with Gasteiger partial charge < -0.3 is 14.9 Å². The molecule has 1 aliphatic heterocycles. The van der Waals surface area contributed by atoms with Crippen LogP contribution in [0.2, 0.25) is 0 Å². The Labute approximate surface area is 112 Å². The maximum absolute atomic E-state index is 10.3. The van der Waals surface area contributed by atoms with E-state index in [2.05, 4.69) is 37.7 Å². The van der Waals surface area contributed by atoms with Crippen LogP contribution in [-0.2, 0) is 0 Å². The normalized spacial score (nSPS) is 36.7. The zero-order chi connectivity index (χ0) is 13.3. The SMILES string of the molecule is CN1CCC(CN(C)CC2CCC(C)(C)C2O)C1. The van der Waals surface area contributed by atoms with Crippen molar-refractivity contribution in [2.45, 2.75) is 39.2 Å². The minimum Gasteiger partial charge on any atom is -0.392 e. The van der Waals surface area contributed by atoms with Gasteiger partial charge in [0, 0.05) is 19.6 Å². The van der Waals surface area contributed by atoms with E-state index >= 15 is 0 Å². The summed E-state index contributed by atoms with van der Waals surface area (Å²) in [5.41, 5.74) is 0.124. The topological polar surface area (TPSA) is 26.7 Å². The first kappa shape index (κ1) is 14.3. The molecule has 2 fully saturated rings. The Morgan fingerprint density at radius 3 is 2.50 bits per heavy atom. The average molecular weight is 254 g/mol. The minimum absolute atomic E-state index is 0.119. The Morgan fingerprint density at radius 1 is 1.28 bits per heavy atom. The summed E-state index contributed by atoms with van der Waals surface area (Å²) in [6.07, 6.45) is 3.56. The molecule has 1 saturated heterocycles. The van der Waals surface area contributed by atoms with E-state index in [1.165, 1.54) is 38.9 Å². The van der Waals surface area contributed by atoms with Crippen molar-refractivity contribution in [1.29, 1.82) is 0 Å². The lowest BCUT2D eigenvalue weighted by atomic mass is 9.87. The third-order valence-corrected chi connectivity index (χ3v) is 5.01. The second kappa shape index (κ2) is 5.48. The molecule has 0 bridgehead atoms. The number of likely N-dealkylation sites (tertiary alicyclic amines) is 1. The van der Waals surface area contributed by atoms with Gasteiger partial charge in [0.2, 0.25) is 0 Å². The fourth-order valence-electron chi connectivity index (χ4n) is 3.78. The summed E-state index contributed by atoms with van der Waals surface area (Å²) in [5, 5.41) is 10.3. The monoisotopic (exact) mass is 254 g/mol. The van der Waals surface area contributed by atoms with Crippen molar-refractivity contribution < 1.29 is 5.11 Å². The molecule has 106 valence electrons. The van der Waals surface area contributed by atoms with Crippen LogP contribution in [0.1, 0.15) is 33.1 Å². The third kappa shape index (κ3) is 3.25. The van der Waals surface area contributed by atoms with Gasteiger partial charge in [-0.2, -0.15) is 0 Å². The maximum Gasteiger partial charge on any atom is 0.0631 e. The van der Waals surface area contributed by atoms with Crippen molar-refractivity contribution in [3.63, 3.8) is 0 Å². The summed E-state index contributed by atoms with van der Waals surface area (Å²) < 4.78 is 0. The van der Waals surface area contributed by atoms with Gasteiger partial charge in [0.15, 0.2) is 0 Å². The molecule has 3 heteroatoms. The van der Waals surface area contributed by atoms with Gasteiger partial charge in [0.25, 0.3) is 0 Å². The lowest BCUT2D eigenvalue weighted by Gasteiger charge is -2.29. The van der Waals surface area contributed by atoms with E-state index in [0.29, 0.717) is 5.92 Å². The van der Waals surface area contributed by atoms with Gasteiger partial charge in [0.1, 0.15) is 0 Å². The first-order chi connectivity index (χ1) is 8.38. The molecule has 0 amide bonds. The lowest BCUT2D eigenvalue weighted by molar-refractivity contribution is 0.0342. The molecule has 0 spiro atoms. The van der Waals surface area contributed by atoms with Crippen LogP contribution in [0.3, 0.4) is 0 Å². The summed E-state index contributed by atoms with van der Waals surface area (Å²) in [4.78, 5) is 4.87. The number of nitrogens with zero attached hydrogens (tertiary/aromatic N) is 2. The fraction of sp³-hybridized carbons (Fsp3) is 1.00. The quantitative estimate of drug-likeness (QED) is 0.827. The van der Waals surface area contributed by atoms with Crippen LogP contribution >= 0.6 is 0 Å². The van der Waals surface area contributed by atoms with E-state index in [1.54, 1.807) is 0 Å². The standard InChI is InChI=1S/C15H30N2O/c1-15(2)7-5-13(14(15)18)11-17(4)10-12-6-8-16(3)9-12/h12-14,18H,5-11H2,1-4H3. The average Bonchev–Trinajstić information content (AvgIpc) is 2.78. The molecule has 2 rings (SSSR count). The molecular formula is C15H30N2O. The molecule has 1 aliphatic carbocycles. The van der Waals surface area contributed by atoms with Crippen LogP contribution in [-0.4, -0.2) is 61.3 Å². The number of hydrogen-bond donors (Lipinski definition) is 1. The van der Waals surface area contributed by atoms with Crippen molar-refractivity contribution >= 4 is 0 Å². The van der Waals surface area contributed by atoms with Crippen LogP contribution in [0.15, 0.2) is 0 Å². The van der Waals surface area contributed by atoms with Gasteiger partial charge in [-0.1, -0.05) is 13.8 Å². The van der Waals surface area contributed by atoms with E-state index < -0.39 is 0 Å². The highest BCUT2D eigenvalue weighted by Crippen LogP contribution is 2.41. The molecule has 3 atom stereocenters. The minimum atomic E-state index is -0.119. The molecule has 1 N–H and O–H groups in total. The van der Waals surface area contributed by atoms with Gasteiger partial charge in [0.05, 0.1) is 6.10 Å². The van der Waals surface area contributed by atoms with Crippen molar-refractivity contribution in [1.82, 2.24) is 9.80 Å². The van der Waals surface area contributed by atoms with Crippen LogP contribution < -0.4 is 0 Å². The summed E-state index contributed by atoms with van der Waals surface area (Å²) in [6.45, 7) is 9.13. The molecule has 0 aromatic rings. The van der Waals surface area contributed by atoms with Crippen molar-refractivity contribution in [2.24, 2.45) is 17.3 Å². The van der Waals surface area contributed by atoms with Crippen LogP contribution in [0.4, 0.5) is 0 Å². The zero-order valence-electron chi connectivity index (χ0n) is 12.5. The molecule has 1 saturated carbocycles. The van der Waals surface area contributed by atoms with Gasteiger partial charge in [-0.3, -0.25) is 0 Å². The molecule has 18 heavy (non-hydrogen) atoms. The molecular weight excluding hydrogens is 224 g/mol. The molecule has 0 radical (unpaired) electrons. The van der Waals surface area contributed by atoms with E-state index in [0.717, 1.165) is 12.5 Å². The summed E-state index contributed by atoms with van der Waals surface area (Å²) >= 11 is 0. The smallest absolute Gasteiger partial charge is 0.0631 e. The molecule has 2 aliphatic rings. The summed E-state index contributed by atoms with van der Waals surface area (Å²) in [7, 11) is 4.43. The Hall–Kier alpha value is -0.120.